The van der Waals surface area contributed by atoms with Gasteiger partial charge in [-0.25, -0.2) is 4.79 Å². The first kappa shape index (κ1) is 14.6. The number of hydrogen-bond donors (Lipinski definition) is 2. The van der Waals surface area contributed by atoms with Crippen molar-refractivity contribution in [3.8, 4) is 0 Å². The molecule has 118 valence electrons. The van der Waals surface area contributed by atoms with Gasteiger partial charge in [-0.15, -0.1) is 0 Å². The third-order valence-electron chi connectivity index (χ3n) is 4.44. The lowest BCUT2D eigenvalue weighted by molar-refractivity contribution is -0.131. The summed E-state index contributed by atoms with van der Waals surface area (Å²) in [6.07, 6.45) is 2.17. The third-order valence-corrected chi connectivity index (χ3v) is 4.44. The number of amides is 4. The van der Waals surface area contributed by atoms with Gasteiger partial charge in [0.15, 0.2) is 0 Å². The van der Waals surface area contributed by atoms with Gasteiger partial charge in [0.2, 0.25) is 0 Å². The number of likely N-dealkylation sites (tertiary alicyclic amines) is 1. The van der Waals surface area contributed by atoms with Crippen molar-refractivity contribution in [3.05, 3.63) is 23.5 Å². The normalized spacial score (nSPS) is 24.7. The van der Waals surface area contributed by atoms with Gasteiger partial charge in [0.1, 0.15) is 11.2 Å². The third kappa shape index (κ3) is 2.00. The van der Waals surface area contributed by atoms with Crippen molar-refractivity contribution in [2.24, 2.45) is 0 Å². The van der Waals surface area contributed by atoms with Crippen LogP contribution in [0.2, 0.25) is 0 Å². The van der Waals surface area contributed by atoms with Gasteiger partial charge in [-0.1, -0.05) is 0 Å². The number of urea groups is 1. The van der Waals surface area contributed by atoms with Crippen molar-refractivity contribution in [2.45, 2.75) is 38.8 Å². The number of nitrogens with one attached hydrogen (secondary N) is 2. The monoisotopic (exact) mass is 304 g/mol. The maximum Gasteiger partial charge on any atom is 0.325 e. The number of nitrogens with zero attached hydrogens (tertiary/aromatic N) is 2. The second-order valence-corrected chi connectivity index (χ2v) is 6.29. The molecule has 3 heterocycles. The van der Waals surface area contributed by atoms with E-state index >= 15 is 0 Å². The molecule has 1 spiro atoms. The minimum absolute atomic E-state index is 0.135. The van der Waals surface area contributed by atoms with Crippen LogP contribution >= 0.6 is 0 Å². The number of aromatic nitrogens is 1. The van der Waals surface area contributed by atoms with E-state index in [0.717, 1.165) is 5.56 Å². The van der Waals surface area contributed by atoms with Gasteiger partial charge >= 0.3 is 6.03 Å². The van der Waals surface area contributed by atoms with Crippen LogP contribution in [0.25, 0.3) is 0 Å². The minimum Gasteiger partial charge on any atom is -0.357 e. The van der Waals surface area contributed by atoms with Crippen LogP contribution < -0.4 is 5.32 Å². The zero-order valence-corrected chi connectivity index (χ0v) is 13.0. The number of rotatable bonds is 2. The standard InChI is InChI=1S/C15H20N4O3/c1-9(2)19-13(21)15(17-14(19)22)5-7-18(8-15)12(20)11-10(3)4-6-16-11/h4,6,9,16H,5,7-8H2,1-3H3,(H,17,22). The summed E-state index contributed by atoms with van der Waals surface area (Å²) in [6, 6.07) is 1.27. The number of aromatic amines is 1. The van der Waals surface area contributed by atoms with Crippen LogP contribution in [0.3, 0.4) is 0 Å². The zero-order valence-electron chi connectivity index (χ0n) is 13.0. The lowest BCUT2D eigenvalue weighted by atomic mass is 9.98. The van der Waals surface area contributed by atoms with E-state index in [1.54, 1.807) is 24.9 Å². The maximum atomic E-state index is 12.6. The van der Waals surface area contributed by atoms with E-state index in [0.29, 0.717) is 18.7 Å². The van der Waals surface area contributed by atoms with E-state index in [1.807, 2.05) is 13.0 Å². The van der Waals surface area contributed by atoms with Crippen LogP contribution in [-0.2, 0) is 4.79 Å². The molecule has 1 aromatic heterocycles. The molecule has 4 amide bonds. The molecule has 2 saturated heterocycles. The van der Waals surface area contributed by atoms with Crippen molar-refractivity contribution in [1.29, 1.82) is 0 Å². The Hall–Kier alpha value is -2.31. The zero-order chi connectivity index (χ0) is 16.1. The summed E-state index contributed by atoms with van der Waals surface area (Å²) in [5, 5.41) is 2.79. The first-order valence-electron chi connectivity index (χ1n) is 7.45. The predicted molar refractivity (Wildman–Crippen MR) is 79.3 cm³/mol. The summed E-state index contributed by atoms with van der Waals surface area (Å²) >= 11 is 0. The largest absolute Gasteiger partial charge is 0.357 e. The highest BCUT2D eigenvalue weighted by Gasteiger charge is 2.56. The maximum absolute atomic E-state index is 12.6. The van der Waals surface area contributed by atoms with E-state index in [4.69, 9.17) is 0 Å². The minimum atomic E-state index is -0.961. The van der Waals surface area contributed by atoms with E-state index in [2.05, 4.69) is 10.3 Å². The van der Waals surface area contributed by atoms with Crippen molar-refractivity contribution >= 4 is 17.8 Å². The molecule has 1 unspecified atom stereocenters. The Bertz CT molecular complexity index is 651. The van der Waals surface area contributed by atoms with Crippen LogP contribution in [0.4, 0.5) is 4.79 Å². The molecule has 1 aromatic rings. The van der Waals surface area contributed by atoms with E-state index < -0.39 is 5.54 Å². The average Bonchev–Trinajstić information content (AvgIpc) is 3.10. The number of imide groups is 1. The van der Waals surface area contributed by atoms with Crippen LogP contribution in [0.5, 0.6) is 0 Å². The molecule has 2 aliphatic heterocycles. The fraction of sp³-hybridized carbons (Fsp3) is 0.533. The number of carbonyl (C=O) groups excluding carboxylic acids is 3. The topological polar surface area (TPSA) is 85.5 Å². The summed E-state index contributed by atoms with van der Waals surface area (Å²) < 4.78 is 0. The van der Waals surface area contributed by atoms with Gasteiger partial charge in [-0.2, -0.15) is 0 Å². The van der Waals surface area contributed by atoms with Crippen molar-refractivity contribution in [2.75, 3.05) is 13.1 Å². The highest BCUT2D eigenvalue weighted by Crippen LogP contribution is 2.30. The molecule has 2 N–H and O–H groups in total. The van der Waals surface area contributed by atoms with Gasteiger partial charge in [-0.05, 0) is 38.8 Å². The van der Waals surface area contributed by atoms with Crippen molar-refractivity contribution in [3.63, 3.8) is 0 Å². The lowest BCUT2D eigenvalue weighted by Gasteiger charge is -2.23. The summed E-state index contributed by atoms with van der Waals surface area (Å²) in [5.74, 6) is -0.365. The molecule has 0 saturated carbocycles. The fourth-order valence-corrected chi connectivity index (χ4v) is 3.21. The molecule has 0 bridgehead atoms. The van der Waals surface area contributed by atoms with Crippen molar-refractivity contribution < 1.29 is 14.4 Å². The highest BCUT2D eigenvalue weighted by molar-refractivity contribution is 6.08. The van der Waals surface area contributed by atoms with Crippen LogP contribution in [-0.4, -0.2) is 57.3 Å². The predicted octanol–water partition coefficient (Wildman–Crippen LogP) is 0.868. The fourth-order valence-electron chi connectivity index (χ4n) is 3.21. The molecule has 2 fully saturated rings. The summed E-state index contributed by atoms with van der Waals surface area (Å²) in [5.41, 5.74) is 0.448. The van der Waals surface area contributed by atoms with E-state index in [-0.39, 0.29) is 30.4 Å². The Morgan fingerprint density at radius 2 is 2.09 bits per heavy atom. The first-order valence-corrected chi connectivity index (χ1v) is 7.45. The Kier molecular flexibility index (Phi) is 3.23. The van der Waals surface area contributed by atoms with Crippen LogP contribution in [0.1, 0.15) is 36.3 Å². The molecule has 0 aliphatic carbocycles. The average molecular weight is 304 g/mol. The molecule has 1 atom stereocenters. The van der Waals surface area contributed by atoms with Crippen LogP contribution in [0, 0.1) is 6.92 Å². The molecule has 2 aliphatic rings. The number of carbonyl (C=O) groups is 3. The molecule has 3 rings (SSSR count). The van der Waals surface area contributed by atoms with Gasteiger partial charge in [0.05, 0.1) is 6.54 Å². The van der Waals surface area contributed by atoms with Gasteiger partial charge < -0.3 is 15.2 Å². The molecule has 7 heteroatoms. The Balaban J connectivity index is 1.81. The van der Waals surface area contributed by atoms with Gasteiger partial charge in [-0.3, -0.25) is 14.5 Å². The highest BCUT2D eigenvalue weighted by atomic mass is 16.2. The molecule has 0 aromatic carbocycles. The quantitative estimate of drug-likeness (QED) is 0.795. The molecular formula is C15H20N4O3. The summed E-state index contributed by atoms with van der Waals surface area (Å²) in [4.78, 5) is 43.0. The Labute approximate surface area is 128 Å². The number of H-pyrrole nitrogens is 1. The smallest absolute Gasteiger partial charge is 0.325 e. The summed E-state index contributed by atoms with van der Waals surface area (Å²) in [6.45, 7) is 6.14. The van der Waals surface area contributed by atoms with E-state index in [1.165, 1.54) is 4.90 Å². The Morgan fingerprint density at radius 3 is 2.64 bits per heavy atom. The lowest BCUT2D eigenvalue weighted by Crippen LogP contribution is -2.50. The summed E-state index contributed by atoms with van der Waals surface area (Å²) in [7, 11) is 0. The molecule has 7 nitrogen and oxygen atoms in total. The SMILES string of the molecule is Cc1cc[nH]c1C(=O)N1CCC2(C1)NC(=O)N(C(C)C)C2=O. The van der Waals surface area contributed by atoms with Crippen molar-refractivity contribution in [1.82, 2.24) is 20.1 Å². The second kappa shape index (κ2) is 4.86. The molecule has 22 heavy (non-hydrogen) atoms. The molecular weight excluding hydrogens is 284 g/mol. The number of aryl methyl sites for hydroxylation is 1. The second-order valence-electron chi connectivity index (χ2n) is 6.29. The Morgan fingerprint density at radius 1 is 1.36 bits per heavy atom. The van der Waals surface area contributed by atoms with Crippen LogP contribution in [0.15, 0.2) is 12.3 Å². The van der Waals surface area contributed by atoms with Gasteiger partial charge in [0, 0.05) is 18.8 Å². The molecule has 0 radical (unpaired) electrons. The van der Waals surface area contributed by atoms with E-state index in [9.17, 15) is 14.4 Å². The first-order chi connectivity index (χ1) is 10.4. The number of hydrogen-bond acceptors (Lipinski definition) is 3. The van der Waals surface area contributed by atoms with Gasteiger partial charge in [0.25, 0.3) is 11.8 Å².